The fraction of sp³-hybridized carbons (Fsp3) is 0.300. The number of H-pyrrole nitrogens is 1. The van der Waals surface area contributed by atoms with Crippen LogP contribution in [0.15, 0.2) is 41.3 Å². The average Bonchev–Trinajstić information content (AvgIpc) is 3.45. The summed E-state index contributed by atoms with van der Waals surface area (Å²) in [5.74, 6) is 0. The van der Waals surface area contributed by atoms with E-state index in [0.717, 1.165) is 29.9 Å². The molecule has 5 rings (SSSR count). The third kappa shape index (κ3) is 2.52. The minimum absolute atomic E-state index is 0.0982. The van der Waals surface area contributed by atoms with E-state index in [2.05, 4.69) is 20.5 Å². The largest absolute Gasteiger partial charge is 0.285 e. The lowest BCUT2D eigenvalue weighted by molar-refractivity contribution is 0.630. The van der Waals surface area contributed by atoms with Crippen LogP contribution in [0.4, 0.5) is 0 Å². The molecule has 8 heteroatoms. The molecule has 0 radical (unpaired) electrons. The van der Waals surface area contributed by atoms with Gasteiger partial charge in [-0.25, -0.2) is 9.36 Å². The number of aryl methyl sites for hydroxylation is 1. The van der Waals surface area contributed by atoms with Gasteiger partial charge in [0.2, 0.25) is 0 Å². The first-order valence-electron chi connectivity index (χ1n) is 9.43. The highest BCUT2D eigenvalue weighted by Gasteiger charge is 2.22. The molecule has 0 saturated heterocycles. The van der Waals surface area contributed by atoms with Crippen LogP contribution in [-0.4, -0.2) is 34.6 Å². The van der Waals surface area contributed by atoms with Crippen LogP contribution in [0.3, 0.4) is 0 Å². The Hall–Kier alpha value is -3.42. The third-order valence-corrected chi connectivity index (χ3v) is 5.55. The predicted molar refractivity (Wildman–Crippen MR) is 104 cm³/mol. The lowest BCUT2D eigenvalue weighted by Crippen LogP contribution is -2.20. The molecule has 0 bridgehead atoms. The number of hydrogen-bond acceptors (Lipinski definition) is 4. The van der Waals surface area contributed by atoms with E-state index in [-0.39, 0.29) is 5.56 Å². The predicted octanol–water partition coefficient (Wildman–Crippen LogP) is 2.00. The van der Waals surface area contributed by atoms with E-state index in [4.69, 9.17) is 0 Å². The second kappa shape index (κ2) is 6.33. The molecule has 1 N–H and O–H groups in total. The monoisotopic (exact) mass is 375 g/mol. The topological polar surface area (TPSA) is 86.3 Å². The van der Waals surface area contributed by atoms with E-state index in [1.807, 2.05) is 55.2 Å². The molecule has 0 amide bonds. The highest BCUT2D eigenvalue weighted by Crippen LogP contribution is 2.24. The van der Waals surface area contributed by atoms with Gasteiger partial charge < -0.3 is 0 Å². The maximum Gasteiger partial charge on any atom is 0.281 e. The Balaban J connectivity index is 1.52. The van der Waals surface area contributed by atoms with E-state index < -0.39 is 0 Å². The van der Waals surface area contributed by atoms with Crippen molar-refractivity contribution in [1.29, 1.82) is 0 Å². The number of hydrogen-bond donors (Lipinski definition) is 1. The molecule has 0 unspecified atom stereocenters. The molecule has 0 fully saturated rings. The van der Waals surface area contributed by atoms with Crippen molar-refractivity contribution in [2.45, 2.75) is 32.7 Å². The van der Waals surface area contributed by atoms with Crippen molar-refractivity contribution < 1.29 is 0 Å². The number of rotatable bonds is 4. The van der Waals surface area contributed by atoms with Gasteiger partial charge in [0.05, 0.1) is 29.7 Å². The third-order valence-electron chi connectivity index (χ3n) is 5.55. The molecule has 1 aromatic carbocycles. The Morgan fingerprint density at radius 3 is 2.82 bits per heavy atom. The number of nitrogens with zero attached hydrogens (tertiary/aromatic N) is 6. The molecule has 28 heavy (non-hydrogen) atoms. The van der Waals surface area contributed by atoms with Gasteiger partial charge in [0.15, 0.2) is 0 Å². The molecule has 142 valence electrons. The zero-order valence-electron chi connectivity index (χ0n) is 15.9. The molecule has 4 aromatic rings. The highest BCUT2D eigenvalue weighted by atomic mass is 16.1. The fourth-order valence-corrected chi connectivity index (χ4v) is 4.03. The van der Waals surface area contributed by atoms with Crippen LogP contribution < -0.4 is 5.56 Å². The smallest absolute Gasteiger partial charge is 0.281 e. The lowest BCUT2D eigenvalue weighted by atomic mass is 10.2. The Kier molecular flexibility index (Phi) is 3.78. The average molecular weight is 375 g/mol. The zero-order chi connectivity index (χ0) is 19.3. The standard InChI is InChI=1S/C20H21N7O/c1-13-19(20(28)27(25(13)2)14-7-4-3-5-8-14)18-12-26(24-23-18)11-17-15-9-6-10-16(15)21-22-17/h3-5,7-8,12H,6,9-11H2,1-2H3,(H,21,22). The van der Waals surface area contributed by atoms with Crippen LogP contribution >= 0.6 is 0 Å². The van der Waals surface area contributed by atoms with Crippen molar-refractivity contribution in [3.63, 3.8) is 0 Å². The number of para-hydroxylation sites is 1. The zero-order valence-corrected chi connectivity index (χ0v) is 15.9. The SMILES string of the molecule is Cc1c(-c2cn(Cc3n[nH]c4c3CCC4)nn2)c(=O)n(-c2ccccc2)n1C. The highest BCUT2D eigenvalue weighted by molar-refractivity contribution is 5.60. The van der Waals surface area contributed by atoms with Crippen molar-refractivity contribution >= 4 is 0 Å². The summed E-state index contributed by atoms with van der Waals surface area (Å²) in [6.07, 6.45) is 5.12. The van der Waals surface area contributed by atoms with Gasteiger partial charge in [-0.15, -0.1) is 5.10 Å². The number of fused-ring (bicyclic) bond motifs is 1. The van der Waals surface area contributed by atoms with E-state index >= 15 is 0 Å². The first-order chi connectivity index (χ1) is 13.6. The van der Waals surface area contributed by atoms with Crippen LogP contribution in [0.1, 0.15) is 29.1 Å². The van der Waals surface area contributed by atoms with Crippen molar-refractivity contribution in [2.24, 2.45) is 7.05 Å². The summed E-state index contributed by atoms with van der Waals surface area (Å²) in [7, 11) is 1.88. The molecule has 0 spiro atoms. The summed E-state index contributed by atoms with van der Waals surface area (Å²) in [6.45, 7) is 2.48. The van der Waals surface area contributed by atoms with Gasteiger partial charge in [-0.1, -0.05) is 23.4 Å². The Morgan fingerprint density at radius 2 is 2.00 bits per heavy atom. The fourth-order valence-electron chi connectivity index (χ4n) is 4.03. The first-order valence-corrected chi connectivity index (χ1v) is 9.43. The van der Waals surface area contributed by atoms with Gasteiger partial charge in [0.25, 0.3) is 5.56 Å². The van der Waals surface area contributed by atoms with Crippen LogP contribution in [0.25, 0.3) is 16.9 Å². The minimum Gasteiger partial charge on any atom is -0.285 e. The number of benzene rings is 1. The van der Waals surface area contributed by atoms with Gasteiger partial charge >= 0.3 is 0 Å². The van der Waals surface area contributed by atoms with Crippen LogP contribution in [0.5, 0.6) is 0 Å². The number of nitrogens with one attached hydrogen (secondary N) is 1. The van der Waals surface area contributed by atoms with Gasteiger partial charge in [0, 0.05) is 18.4 Å². The van der Waals surface area contributed by atoms with Gasteiger partial charge in [0.1, 0.15) is 5.69 Å². The summed E-state index contributed by atoms with van der Waals surface area (Å²) in [5.41, 5.74) is 6.28. The summed E-state index contributed by atoms with van der Waals surface area (Å²) < 4.78 is 5.26. The molecule has 0 aliphatic heterocycles. The summed E-state index contributed by atoms with van der Waals surface area (Å²) >= 11 is 0. The quantitative estimate of drug-likeness (QED) is 0.591. The molecule has 8 nitrogen and oxygen atoms in total. The lowest BCUT2D eigenvalue weighted by Gasteiger charge is -2.07. The molecule has 0 saturated carbocycles. The van der Waals surface area contributed by atoms with Crippen molar-refractivity contribution in [3.8, 4) is 16.9 Å². The molecule has 3 heterocycles. The minimum atomic E-state index is -0.0982. The van der Waals surface area contributed by atoms with Crippen LogP contribution in [0.2, 0.25) is 0 Å². The first kappa shape index (κ1) is 16.7. The maximum atomic E-state index is 13.1. The van der Waals surface area contributed by atoms with Gasteiger partial charge in [-0.05, 0) is 43.9 Å². The number of aromatic nitrogens is 7. The molecular formula is C20H21N7O. The van der Waals surface area contributed by atoms with Crippen molar-refractivity contribution in [3.05, 3.63) is 69.5 Å². The summed E-state index contributed by atoms with van der Waals surface area (Å²) in [4.78, 5) is 13.1. The molecule has 1 aliphatic carbocycles. The Labute approximate surface area is 161 Å². The summed E-state index contributed by atoms with van der Waals surface area (Å²) in [5, 5.41) is 16.1. The van der Waals surface area contributed by atoms with Crippen LogP contribution in [0, 0.1) is 6.92 Å². The molecule has 0 atom stereocenters. The summed E-state index contributed by atoms with van der Waals surface area (Å²) in [6, 6.07) is 9.60. The van der Waals surface area contributed by atoms with Crippen molar-refractivity contribution in [1.82, 2.24) is 34.6 Å². The Bertz CT molecular complexity index is 1210. The number of aromatic amines is 1. The van der Waals surface area contributed by atoms with Crippen molar-refractivity contribution in [2.75, 3.05) is 0 Å². The molecule has 3 aromatic heterocycles. The van der Waals surface area contributed by atoms with E-state index in [1.165, 1.54) is 17.7 Å². The second-order valence-corrected chi connectivity index (χ2v) is 7.22. The maximum absolute atomic E-state index is 13.1. The van der Waals surface area contributed by atoms with E-state index in [1.54, 1.807) is 9.36 Å². The second-order valence-electron chi connectivity index (χ2n) is 7.22. The molecule has 1 aliphatic rings. The van der Waals surface area contributed by atoms with Gasteiger partial charge in [-0.2, -0.15) is 5.10 Å². The van der Waals surface area contributed by atoms with Crippen LogP contribution in [-0.2, 0) is 26.4 Å². The van der Waals surface area contributed by atoms with Gasteiger partial charge in [-0.3, -0.25) is 14.6 Å². The molecular weight excluding hydrogens is 354 g/mol. The van der Waals surface area contributed by atoms with E-state index in [9.17, 15) is 4.79 Å². The normalized spacial score (nSPS) is 13.2. The Morgan fingerprint density at radius 1 is 1.18 bits per heavy atom. The van der Waals surface area contributed by atoms with E-state index in [0.29, 0.717) is 17.8 Å².